The van der Waals surface area contributed by atoms with E-state index in [1.807, 2.05) is 0 Å². The number of nitrogen functional groups attached to an aromatic ring is 1. The van der Waals surface area contributed by atoms with Gasteiger partial charge in [-0.2, -0.15) is 0 Å². The maximum absolute atomic E-state index is 11.8. The van der Waals surface area contributed by atoms with E-state index in [0.717, 1.165) is 5.56 Å². The van der Waals surface area contributed by atoms with Crippen LogP contribution in [0.25, 0.3) is 0 Å². The van der Waals surface area contributed by atoms with Crippen molar-refractivity contribution < 1.29 is 18.3 Å². The molecule has 4 nitrogen and oxygen atoms in total. The molecule has 18 heavy (non-hydrogen) atoms. The number of carbonyl (C=O) groups excluding carboxylic acids is 1. The lowest BCUT2D eigenvalue weighted by Gasteiger charge is -2.10. The van der Waals surface area contributed by atoms with Crippen LogP contribution in [0.3, 0.4) is 0 Å². The summed E-state index contributed by atoms with van der Waals surface area (Å²) >= 11 is 0. The standard InChI is InChI=1S/C12H16F2N2O2/c1-8-9(15)3-2-4-10(8)16-12(17)5-6-18-7-11(13)14/h2-4,11H,5-7,15H2,1H3,(H,16,17). The van der Waals surface area contributed by atoms with E-state index in [-0.39, 0.29) is 18.9 Å². The Morgan fingerprint density at radius 1 is 1.50 bits per heavy atom. The summed E-state index contributed by atoms with van der Waals surface area (Å²) in [5.41, 5.74) is 7.67. The quantitative estimate of drug-likeness (QED) is 0.607. The third-order valence-electron chi connectivity index (χ3n) is 2.37. The Balaban J connectivity index is 2.38. The number of benzene rings is 1. The summed E-state index contributed by atoms with van der Waals surface area (Å²) in [6, 6.07) is 5.19. The minimum atomic E-state index is -2.51. The van der Waals surface area contributed by atoms with Crippen molar-refractivity contribution in [2.75, 3.05) is 24.3 Å². The van der Waals surface area contributed by atoms with Gasteiger partial charge in [0.25, 0.3) is 6.43 Å². The molecule has 0 aromatic heterocycles. The number of ether oxygens (including phenoxy) is 1. The van der Waals surface area contributed by atoms with Gasteiger partial charge in [0.2, 0.25) is 5.91 Å². The van der Waals surface area contributed by atoms with E-state index in [1.54, 1.807) is 25.1 Å². The minimum Gasteiger partial charge on any atom is -0.398 e. The van der Waals surface area contributed by atoms with Crippen molar-refractivity contribution in [3.05, 3.63) is 23.8 Å². The highest BCUT2D eigenvalue weighted by Gasteiger charge is 2.07. The maximum atomic E-state index is 11.8. The van der Waals surface area contributed by atoms with Crippen molar-refractivity contribution >= 4 is 17.3 Å². The molecular weight excluding hydrogens is 242 g/mol. The molecule has 0 atom stereocenters. The van der Waals surface area contributed by atoms with Gasteiger partial charge in [-0.15, -0.1) is 0 Å². The maximum Gasteiger partial charge on any atom is 0.261 e. The van der Waals surface area contributed by atoms with Gasteiger partial charge in [-0.05, 0) is 24.6 Å². The van der Waals surface area contributed by atoms with E-state index in [9.17, 15) is 13.6 Å². The van der Waals surface area contributed by atoms with Crippen LogP contribution >= 0.6 is 0 Å². The van der Waals surface area contributed by atoms with Crippen molar-refractivity contribution in [2.24, 2.45) is 0 Å². The molecule has 6 heteroatoms. The van der Waals surface area contributed by atoms with Crippen molar-refractivity contribution in [3.63, 3.8) is 0 Å². The van der Waals surface area contributed by atoms with Crippen molar-refractivity contribution in [1.29, 1.82) is 0 Å². The van der Waals surface area contributed by atoms with E-state index < -0.39 is 13.0 Å². The zero-order chi connectivity index (χ0) is 13.5. The van der Waals surface area contributed by atoms with Gasteiger partial charge in [-0.3, -0.25) is 4.79 Å². The second kappa shape index (κ2) is 6.90. The van der Waals surface area contributed by atoms with Crippen LogP contribution in [-0.2, 0) is 9.53 Å². The second-order valence-electron chi connectivity index (χ2n) is 3.78. The van der Waals surface area contributed by atoms with Crippen LogP contribution < -0.4 is 11.1 Å². The van der Waals surface area contributed by atoms with Crippen LogP contribution in [0, 0.1) is 6.92 Å². The van der Waals surface area contributed by atoms with Crippen molar-refractivity contribution in [3.8, 4) is 0 Å². The average Bonchev–Trinajstić information content (AvgIpc) is 2.30. The number of nitrogens with two attached hydrogens (primary N) is 1. The van der Waals surface area contributed by atoms with Gasteiger partial charge in [-0.25, -0.2) is 8.78 Å². The van der Waals surface area contributed by atoms with Crippen LogP contribution in [0.4, 0.5) is 20.2 Å². The molecule has 1 aromatic carbocycles. The molecule has 0 aliphatic heterocycles. The van der Waals surface area contributed by atoms with Crippen molar-refractivity contribution in [1.82, 2.24) is 0 Å². The van der Waals surface area contributed by atoms with Gasteiger partial charge in [0.15, 0.2) is 0 Å². The average molecular weight is 258 g/mol. The van der Waals surface area contributed by atoms with E-state index in [2.05, 4.69) is 10.1 Å². The highest BCUT2D eigenvalue weighted by atomic mass is 19.3. The first kappa shape index (κ1) is 14.4. The van der Waals surface area contributed by atoms with Gasteiger partial charge >= 0.3 is 0 Å². The first-order valence-electron chi connectivity index (χ1n) is 5.51. The number of anilines is 2. The molecular formula is C12H16F2N2O2. The zero-order valence-corrected chi connectivity index (χ0v) is 10.1. The fourth-order valence-electron chi connectivity index (χ4n) is 1.34. The summed E-state index contributed by atoms with van der Waals surface area (Å²) in [6.07, 6.45) is -2.48. The van der Waals surface area contributed by atoms with E-state index in [0.29, 0.717) is 11.4 Å². The Morgan fingerprint density at radius 2 is 2.22 bits per heavy atom. The molecule has 0 saturated carbocycles. The molecule has 3 N–H and O–H groups in total. The number of hydrogen-bond donors (Lipinski definition) is 2. The van der Waals surface area contributed by atoms with Gasteiger partial charge in [0.05, 0.1) is 13.0 Å². The monoisotopic (exact) mass is 258 g/mol. The Kier molecular flexibility index (Phi) is 5.51. The van der Waals surface area contributed by atoms with E-state index in [1.165, 1.54) is 0 Å². The number of hydrogen-bond acceptors (Lipinski definition) is 3. The molecule has 100 valence electrons. The van der Waals surface area contributed by atoms with Gasteiger partial charge in [0, 0.05) is 11.4 Å². The Hall–Kier alpha value is -1.69. The topological polar surface area (TPSA) is 64.3 Å². The number of halogens is 2. The lowest BCUT2D eigenvalue weighted by molar-refractivity contribution is -0.117. The third-order valence-corrected chi connectivity index (χ3v) is 2.37. The van der Waals surface area contributed by atoms with E-state index >= 15 is 0 Å². The van der Waals surface area contributed by atoms with Gasteiger partial charge in [0.1, 0.15) is 6.61 Å². The fraction of sp³-hybridized carbons (Fsp3) is 0.417. The number of nitrogens with one attached hydrogen (secondary N) is 1. The SMILES string of the molecule is Cc1c(N)cccc1NC(=O)CCOCC(F)F. The molecule has 0 unspecified atom stereocenters. The van der Waals surface area contributed by atoms with Crippen LogP contribution in [0.2, 0.25) is 0 Å². The number of alkyl halides is 2. The molecule has 0 radical (unpaired) electrons. The molecule has 0 aliphatic rings. The zero-order valence-electron chi connectivity index (χ0n) is 10.1. The molecule has 0 spiro atoms. The lowest BCUT2D eigenvalue weighted by atomic mass is 10.1. The molecule has 0 fully saturated rings. The minimum absolute atomic E-state index is 0.0287. The molecule has 0 bridgehead atoms. The summed E-state index contributed by atoms with van der Waals surface area (Å²) in [6.45, 7) is 1.11. The largest absolute Gasteiger partial charge is 0.398 e. The fourth-order valence-corrected chi connectivity index (χ4v) is 1.34. The molecule has 1 aromatic rings. The van der Waals surface area contributed by atoms with Crippen molar-refractivity contribution in [2.45, 2.75) is 19.8 Å². The Morgan fingerprint density at radius 3 is 2.89 bits per heavy atom. The molecule has 0 saturated heterocycles. The highest BCUT2D eigenvalue weighted by Crippen LogP contribution is 2.20. The Labute approximate surface area is 104 Å². The first-order chi connectivity index (χ1) is 8.50. The second-order valence-corrected chi connectivity index (χ2v) is 3.78. The number of carbonyl (C=O) groups is 1. The van der Waals surface area contributed by atoms with Crippen LogP contribution in [0.5, 0.6) is 0 Å². The predicted octanol–water partition coefficient (Wildman–Crippen LogP) is 2.19. The third kappa shape index (κ3) is 4.67. The normalized spacial score (nSPS) is 10.7. The Bertz CT molecular complexity index is 411. The summed E-state index contributed by atoms with van der Waals surface area (Å²) < 4.78 is 28.1. The molecule has 0 aliphatic carbocycles. The van der Waals surface area contributed by atoms with Crippen LogP contribution in [-0.4, -0.2) is 25.5 Å². The lowest BCUT2D eigenvalue weighted by Crippen LogP contribution is -2.16. The summed E-state index contributed by atoms with van der Waals surface area (Å²) in [5, 5.41) is 2.65. The van der Waals surface area contributed by atoms with E-state index in [4.69, 9.17) is 5.73 Å². The molecule has 0 heterocycles. The molecule has 1 amide bonds. The van der Waals surface area contributed by atoms with Gasteiger partial charge < -0.3 is 15.8 Å². The summed E-state index contributed by atoms with van der Waals surface area (Å²) in [4.78, 5) is 11.5. The first-order valence-corrected chi connectivity index (χ1v) is 5.51. The number of amides is 1. The predicted molar refractivity (Wildman–Crippen MR) is 65.7 cm³/mol. The van der Waals surface area contributed by atoms with Crippen LogP contribution in [0.15, 0.2) is 18.2 Å². The van der Waals surface area contributed by atoms with Crippen LogP contribution in [0.1, 0.15) is 12.0 Å². The smallest absolute Gasteiger partial charge is 0.261 e. The van der Waals surface area contributed by atoms with Gasteiger partial charge in [-0.1, -0.05) is 6.07 Å². The molecule has 1 rings (SSSR count). The highest BCUT2D eigenvalue weighted by molar-refractivity contribution is 5.92. The number of rotatable bonds is 6. The summed E-state index contributed by atoms with van der Waals surface area (Å²) in [7, 11) is 0. The summed E-state index contributed by atoms with van der Waals surface area (Å²) in [5.74, 6) is -0.294.